The van der Waals surface area contributed by atoms with Gasteiger partial charge in [0.25, 0.3) is 5.91 Å². The minimum Gasteiger partial charge on any atom is -0.458 e. The number of rotatable bonds is 6. The fourth-order valence-corrected chi connectivity index (χ4v) is 5.80. The first kappa shape index (κ1) is 22.7. The highest BCUT2D eigenvalue weighted by Gasteiger charge is 2.32. The van der Waals surface area contributed by atoms with Crippen LogP contribution in [0.25, 0.3) is 11.5 Å². The van der Waals surface area contributed by atoms with Gasteiger partial charge in [-0.1, -0.05) is 0 Å². The maximum atomic E-state index is 12.9. The molecule has 0 spiro atoms. The molecule has 4 rings (SSSR count). The van der Waals surface area contributed by atoms with Crippen molar-refractivity contribution < 1.29 is 22.4 Å². The number of aromatic nitrogens is 1. The van der Waals surface area contributed by atoms with Gasteiger partial charge in [0.15, 0.2) is 5.76 Å². The van der Waals surface area contributed by atoms with Gasteiger partial charge in [-0.15, -0.1) is 11.3 Å². The minimum atomic E-state index is -3.65. The first-order valence-corrected chi connectivity index (χ1v) is 12.6. The van der Waals surface area contributed by atoms with Crippen LogP contribution in [0.2, 0.25) is 0 Å². The molecule has 0 aliphatic carbocycles. The molecule has 1 aliphatic heterocycles. The molecule has 1 aliphatic rings. The lowest BCUT2D eigenvalue weighted by Crippen LogP contribution is -2.48. The number of nitrogens with one attached hydrogen (secondary N) is 1. The number of ether oxygens (including phenoxy) is 1. The molecule has 3 aromatic rings. The molecular weight excluding hydrogens is 450 g/mol. The van der Waals surface area contributed by atoms with Crippen molar-refractivity contribution in [2.24, 2.45) is 0 Å². The van der Waals surface area contributed by atoms with Gasteiger partial charge in [0.2, 0.25) is 10.0 Å². The van der Waals surface area contributed by atoms with Gasteiger partial charge in [0, 0.05) is 24.0 Å². The molecule has 0 bridgehead atoms. The lowest BCUT2D eigenvalue weighted by Gasteiger charge is -2.34. The zero-order valence-electron chi connectivity index (χ0n) is 18.1. The molecule has 2 unspecified atom stereocenters. The predicted molar refractivity (Wildman–Crippen MR) is 121 cm³/mol. The van der Waals surface area contributed by atoms with Crippen molar-refractivity contribution in [1.82, 2.24) is 14.6 Å². The van der Waals surface area contributed by atoms with Crippen LogP contribution in [0.5, 0.6) is 0 Å². The number of carbonyl (C=O) groups excluding carboxylic acids is 1. The third-order valence-corrected chi connectivity index (χ3v) is 7.72. The maximum absolute atomic E-state index is 12.9. The molecular formula is C22H25N3O5S2. The monoisotopic (exact) mass is 475 g/mol. The van der Waals surface area contributed by atoms with E-state index in [4.69, 9.17) is 9.15 Å². The summed E-state index contributed by atoms with van der Waals surface area (Å²) in [6, 6.07) is 9.57. The second kappa shape index (κ2) is 9.14. The van der Waals surface area contributed by atoms with E-state index >= 15 is 0 Å². The van der Waals surface area contributed by atoms with Gasteiger partial charge in [-0.25, -0.2) is 13.4 Å². The number of hydrogen-bond donors (Lipinski definition) is 1. The molecule has 2 atom stereocenters. The Morgan fingerprint density at radius 2 is 1.84 bits per heavy atom. The lowest BCUT2D eigenvalue weighted by molar-refractivity contribution is -0.0440. The normalized spacial score (nSPS) is 19.7. The number of amides is 1. The Balaban J connectivity index is 1.38. The summed E-state index contributed by atoms with van der Waals surface area (Å²) in [5, 5.41) is 5.67. The number of benzene rings is 1. The van der Waals surface area contributed by atoms with Crippen molar-refractivity contribution in [2.45, 2.75) is 44.4 Å². The number of carbonyl (C=O) groups is 1. The standard InChI is InChI=1S/C22H25N3O5S2/c1-14-11-25(12-15(2)29-14)32(27,28)19-7-4-17(5-8-19)22(26)23-10-18-6-9-21(30-18)20-13-31-16(3)24-20/h4-9,13-15H,10-12H2,1-3H3,(H,23,26). The van der Waals surface area contributed by atoms with Crippen LogP contribution in [0.4, 0.5) is 0 Å². The van der Waals surface area contributed by atoms with E-state index < -0.39 is 10.0 Å². The number of sulfonamides is 1. The quantitative estimate of drug-likeness (QED) is 0.586. The van der Waals surface area contributed by atoms with Gasteiger partial charge in [-0.05, 0) is 57.2 Å². The maximum Gasteiger partial charge on any atom is 0.251 e. The highest BCUT2D eigenvalue weighted by atomic mass is 32.2. The molecule has 8 nitrogen and oxygen atoms in total. The fraction of sp³-hybridized carbons (Fsp3) is 0.364. The number of morpholine rings is 1. The van der Waals surface area contributed by atoms with Gasteiger partial charge in [-0.2, -0.15) is 4.31 Å². The van der Waals surface area contributed by atoms with Crippen LogP contribution in [-0.4, -0.2) is 48.9 Å². The molecule has 10 heteroatoms. The van der Waals surface area contributed by atoms with Crippen molar-refractivity contribution in [3.05, 3.63) is 58.1 Å². The van der Waals surface area contributed by atoms with E-state index in [2.05, 4.69) is 10.3 Å². The van der Waals surface area contributed by atoms with E-state index in [0.29, 0.717) is 30.2 Å². The third kappa shape index (κ3) is 4.93. The van der Waals surface area contributed by atoms with Crippen LogP contribution in [0, 0.1) is 6.92 Å². The smallest absolute Gasteiger partial charge is 0.251 e. The molecule has 1 saturated heterocycles. The Hall–Kier alpha value is -2.53. The van der Waals surface area contributed by atoms with E-state index in [9.17, 15) is 13.2 Å². The highest BCUT2D eigenvalue weighted by Crippen LogP contribution is 2.24. The van der Waals surface area contributed by atoms with Crippen molar-refractivity contribution in [3.63, 3.8) is 0 Å². The average Bonchev–Trinajstić information content (AvgIpc) is 3.40. The fourth-order valence-electron chi connectivity index (χ4n) is 3.61. The summed E-state index contributed by atoms with van der Waals surface area (Å²) < 4.78 is 38.7. The molecule has 32 heavy (non-hydrogen) atoms. The summed E-state index contributed by atoms with van der Waals surface area (Å²) in [7, 11) is -3.65. The highest BCUT2D eigenvalue weighted by molar-refractivity contribution is 7.89. The number of furan rings is 1. The zero-order valence-corrected chi connectivity index (χ0v) is 19.7. The summed E-state index contributed by atoms with van der Waals surface area (Å²) in [5.74, 6) is 0.943. The van der Waals surface area contributed by atoms with Crippen molar-refractivity contribution in [1.29, 1.82) is 0 Å². The SMILES string of the molecule is Cc1nc(-c2ccc(CNC(=O)c3ccc(S(=O)(=O)N4CC(C)OC(C)C4)cc3)o2)cs1. The number of thiazole rings is 1. The number of nitrogens with zero attached hydrogens (tertiary/aromatic N) is 2. The molecule has 1 aromatic carbocycles. The van der Waals surface area contributed by atoms with Gasteiger partial charge in [-0.3, -0.25) is 4.79 Å². The summed E-state index contributed by atoms with van der Waals surface area (Å²) in [6.07, 6.45) is -0.333. The predicted octanol–water partition coefficient (Wildman–Crippen LogP) is 3.44. The van der Waals surface area contributed by atoms with Gasteiger partial charge in [0.1, 0.15) is 11.5 Å². The van der Waals surface area contributed by atoms with Crippen LogP contribution in [0.1, 0.15) is 35.0 Å². The number of hydrogen-bond acceptors (Lipinski definition) is 7. The molecule has 170 valence electrons. The molecule has 1 N–H and O–H groups in total. The van der Waals surface area contributed by atoms with Crippen LogP contribution >= 0.6 is 11.3 Å². The Morgan fingerprint density at radius 3 is 2.47 bits per heavy atom. The Kier molecular flexibility index (Phi) is 6.47. The van der Waals surface area contributed by atoms with Crippen molar-refractivity contribution >= 4 is 27.3 Å². The van der Waals surface area contributed by atoms with E-state index in [0.717, 1.165) is 10.7 Å². The van der Waals surface area contributed by atoms with Crippen molar-refractivity contribution in [2.75, 3.05) is 13.1 Å². The minimum absolute atomic E-state index is 0.157. The summed E-state index contributed by atoms with van der Waals surface area (Å²) >= 11 is 1.54. The molecule has 2 aromatic heterocycles. The molecule has 1 amide bonds. The Labute approximate surface area is 191 Å². The van der Waals surface area contributed by atoms with E-state index in [1.807, 2.05) is 32.2 Å². The average molecular weight is 476 g/mol. The van der Waals surface area contributed by atoms with Crippen LogP contribution in [0.3, 0.4) is 0 Å². The second-order valence-corrected chi connectivity index (χ2v) is 10.8. The summed E-state index contributed by atoms with van der Waals surface area (Å²) in [6.45, 7) is 6.46. The molecule has 0 radical (unpaired) electrons. The topological polar surface area (TPSA) is 102 Å². The molecule has 0 saturated carbocycles. The second-order valence-electron chi connectivity index (χ2n) is 7.80. The van der Waals surface area contributed by atoms with Crippen LogP contribution in [0.15, 0.2) is 51.1 Å². The van der Waals surface area contributed by atoms with E-state index in [-0.39, 0.29) is 29.6 Å². The third-order valence-electron chi connectivity index (χ3n) is 5.10. The largest absolute Gasteiger partial charge is 0.458 e. The van der Waals surface area contributed by atoms with Gasteiger partial charge >= 0.3 is 0 Å². The zero-order chi connectivity index (χ0) is 22.9. The molecule has 1 fully saturated rings. The van der Waals surface area contributed by atoms with Gasteiger partial charge in [0.05, 0.1) is 28.7 Å². The van der Waals surface area contributed by atoms with Crippen LogP contribution < -0.4 is 5.32 Å². The summed E-state index contributed by atoms with van der Waals surface area (Å²) in [4.78, 5) is 17.0. The van der Waals surface area contributed by atoms with Gasteiger partial charge < -0.3 is 14.5 Å². The first-order valence-electron chi connectivity index (χ1n) is 10.3. The molecule has 3 heterocycles. The first-order chi connectivity index (χ1) is 15.2. The van der Waals surface area contributed by atoms with E-state index in [1.165, 1.54) is 28.6 Å². The lowest BCUT2D eigenvalue weighted by atomic mass is 10.2. The Bertz CT molecular complexity index is 1190. The Morgan fingerprint density at radius 1 is 1.16 bits per heavy atom. The number of aryl methyl sites for hydroxylation is 1. The van der Waals surface area contributed by atoms with E-state index in [1.54, 1.807) is 17.4 Å². The summed E-state index contributed by atoms with van der Waals surface area (Å²) in [5.41, 5.74) is 1.14. The van der Waals surface area contributed by atoms with Crippen LogP contribution in [-0.2, 0) is 21.3 Å². The van der Waals surface area contributed by atoms with Crippen molar-refractivity contribution in [3.8, 4) is 11.5 Å².